The summed E-state index contributed by atoms with van der Waals surface area (Å²) in [6.07, 6.45) is -0.535. The van der Waals surface area contributed by atoms with Crippen LogP contribution >= 0.6 is 11.3 Å². The molecule has 128 valence electrons. The van der Waals surface area contributed by atoms with Crippen molar-refractivity contribution in [1.82, 2.24) is 4.90 Å². The number of aliphatic hydroxyl groups is 1. The number of anilines is 1. The van der Waals surface area contributed by atoms with Gasteiger partial charge in [0.05, 0.1) is 11.6 Å². The summed E-state index contributed by atoms with van der Waals surface area (Å²) in [5.74, 6) is 0.620. The third-order valence-corrected chi connectivity index (χ3v) is 5.08. The molecule has 6 heteroatoms. The Kier molecular flexibility index (Phi) is 5.37. The van der Waals surface area contributed by atoms with Crippen LogP contribution in [0.1, 0.15) is 12.5 Å². The molecule has 3 rings (SSSR count). The number of piperazine rings is 1. The molecule has 1 aliphatic rings. The van der Waals surface area contributed by atoms with Crippen molar-refractivity contribution in [2.45, 2.75) is 19.6 Å². The summed E-state index contributed by atoms with van der Waals surface area (Å²) in [6, 6.07) is 11.4. The molecule has 5 nitrogen and oxygen atoms in total. The summed E-state index contributed by atoms with van der Waals surface area (Å²) in [6.45, 7) is 4.85. The van der Waals surface area contributed by atoms with Crippen LogP contribution in [-0.4, -0.2) is 48.2 Å². The second-order valence-corrected chi connectivity index (χ2v) is 6.76. The van der Waals surface area contributed by atoms with Crippen molar-refractivity contribution in [3.63, 3.8) is 0 Å². The molecule has 0 spiro atoms. The molecule has 0 radical (unpaired) electrons. The van der Waals surface area contributed by atoms with E-state index >= 15 is 0 Å². The van der Waals surface area contributed by atoms with Crippen molar-refractivity contribution in [3.05, 3.63) is 47.3 Å². The lowest BCUT2D eigenvalue weighted by Gasteiger charge is -2.36. The molecule has 0 aliphatic carbocycles. The Balaban J connectivity index is 1.54. The van der Waals surface area contributed by atoms with Crippen molar-refractivity contribution >= 4 is 22.2 Å². The van der Waals surface area contributed by atoms with E-state index in [0.717, 1.165) is 18.7 Å². The molecule has 1 unspecified atom stereocenters. The van der Waals surface area contributed by atoms with Gasteiger partial charge in [-0.15, -0.1) is 11.3 Å². The van der Waals surface area contributed by atoms with Crippen molar-refractivity contribution in [2.75, 3.05) is 31.1 Å². The number of nitrogens with zero attached hydrogens (tertiary/aromatic N) is 2. The molecule has 0 saturated carbocycles. The fourth-order valence-electron chi connectivity index (χ4n) is 2.83. The van der Waals surface area contributed by atoms with E-state index < -0.39 is 6.10 Å². The number of aliphatic hydroxyl groups excluding tert-OH is 1. The number of thiophene rings is 1. The Morgan fingerprint density at radius 2 is 2.04 bits per heavy atom. The van der Waals surface area contributed by atoms with Crippen LogP contribution in [0.25, 0.3) is 0 Å². The van der Waals surface area contributed by atoms with Gasteiger partial charge in [-0.1, -0.05) is 12.1 Å². The second-order valence-electron chi connectivity index (χ2n) is 5.83. The van der Waals surface area contributed by atoms with Crippen LogP contribution in [0.2, 0.25) is 0 Å². The van der Waals surface area contributed by atoms with Crippen LogP contribution in [0.5, 0.6) is 5.75 Å². The fourth-order valence-corrected chi connectivity index (χ4v) is 3.61. The first kappa shape index (κ1) is 16.8. The second kappa shape index (κ2) is 7.68. The Hall–Kier alpha value is -2.05. The average Bonchev–Trinajstić information content (AvgIpc) is 3.16. The first-order valence-corrected chi connectivity index (χ1v) is 8.99. The van der Waals surface area contributed by atoms with E-state index in [9.17, 15) is 9.90 Å². The van der Waals surface area contributed by atoms with Gasteiger partial charge in [-0.05, 0) is 42.1 Å². The first-order chi connectivity index (χ1) is 11.7. The van der Waals surface area contributed by atoms with Crippen LogP contribution < -0.4 is 9.64 Å². The molecule has 1 aromatic carbocycles. The largest absolute Gasteiger partial charge is 0.481 e. The molecular weight excluding hydrogens is 324 g/mol. The maximum Gasteiger partial charge on any atom is 0.263 e. The summed E-state index contributed by atoms with van der Waals surface area (Å²) >= 11 is 1.73. The molecule has 0 bridgehead atoms. The topological polar surface area (TPSA) is 53.0 Å². The zero-order valence-corrected chi connectivity index (χ0v) is 14.5. The highest BCUT2D eigenvalue weighted by molar-refractivity contribution is 7.14. The average molecular weight is 346 g/mol. The van der Waals surface area contributed by atoms with Gasteiger partial charge in [-0.3, -0.25) is 4.79 Å². The first-order valence-electron chi connectivity index (χ1n) is 8.11. The number of carbonyl (C=O) groups excluding carboxylic acids is 1. The zero-order chi connectivity index (χ0) is 16.9. The molecular formula is C18H22N2O3S. The summed E-state index contributed by atoms with van der Waals surface area (Å²) in [5, 5.41) is 12.5. The van der Waals surface area contributed by atoms with Crippen LogP contribution in [-0.2, 0) is 11.4 Å². The Bertz CT molecular complexity index is 667. The van der Waals surface area contributed by atoms with Gasteiger partial charge in [-0.2, -0.15) is 0 Å². The number of hydrogen-bond acceptors (Lipinski definition) is 5. The normalized spacial score (nSPS) is 16.1. The Labute approximate surface area is 146 Å². The Morgan fingerprint density at radius 1 is 1.25 bits per heavy atom. The predicted molar refractivity (Wildman–Crippen MR) is 95.6 cm³/mol. The van der Waals surface area contributed by atoms with Gasteiger partial charge in [-0.25, -0.2) is 0 Å². The van der Waals surface area contributed by atoms with E-state index in [2.05, 4.69) is 16.3 Å². The van der Waals surface area contributed by atoms with Crippen molar-refractivity contribution in [1.29, 1.82) is 0 Å². The number of carbonyl (C=O) groups is 1. The highest BCUT2D eigenvalue weighted by Crippen LogP contribution is 2.23. The maximum absolute atomic E-state index is 12.6. The van der Waals surface area contributed by atoms with Crippen LogP contribution in [0.15, 0.2) is 41.8 Å². The highest BCUT2D eigenvalue weighted by atomic mass is 32.1. The van der Waals surface area contributed by atoms with Crippen LogP contribution in [0.3, 0.4) is 0 Å². The maximum atomic E-state index is 12.6. The number of rotatable bonds is 5. The number of hydrogen-bond donors (Lipinski definition) is 1. The minimum atomic E-state index is -0.535. The minimum Gasteiger partial charge on any atom is -0.481 e. The lowest BCUT2D eigenvalue weighted by Crippen LogP contribution is -2.51. The smallest absolute Gasteiger partial charge is 0.263 e. The summed E-state index contributed by atoms with van der Waals surface area (Å²) in [5.41, 5.74) is 0.775. The molecule has 1 amide bonds. The molecule has 24 heavy (non-hydrogen) atoms. The van der Waals surface area contributed by atoms with E-state index in [1.54, 1.807) is 30.4 Å². The fraction of sp³-hybridized carbons (Fsp3) is 0.389. The van der Waals surface area contributed by atoms with Gasteiger partial charge in [0.15, 0.2) is 6.10 Å². The van der Waals surface area contributed by atoms with Gasteiger partial charge in [0.2, 0.25) is 0 Å². The molecule has 1 aromatic heterocycles. The SMILES string of the molecule is CC(Oc1cccc(CO)c1)C(=O)N1CCN(c2cccs2)CC1. The molecule has 1 fully saturated rings. The minimum absolute atomic E-state index is 0.00947. The molecule has 1 N–H and O–H groups in total. The van der Waals surface area contributed by atoms with E-state index in [1.165, 1.54) is 5.00 Å². The Morgan fingerprint density at radius 3 is 2.71 bits per heavy atom. The number of benzene rings is 1. The van der Waals surface area contributed by atoms with Gasteiger partial charge in [0.1, 0.15) is 5.75 Å². The molecule has 2 heterocycles. The summed E-state index contributed by atoms with van der Waals surface area (Å²) in [7, 11) is 0. The van der Waals surface area contributed by atoms with Gasteiger partial charge in [0, 0.05) is 26.2 Å². The lowest BCUT2D eigenvalue weighted by atomic mass is 10.2. The summed E-state index contributed by atoms with van der Waals surface area (Å²) < 4.78 is 5.76. The monoisotopic (exact) mass is 346 g/mol. The zero-order valence-electron chi connectivity index (χ0n) is 13.7. The predicted octanol–water partition coefficient (Wildman–Crippen LogP) is 2.36. The van der Waals surface area contributed by atoms with Gasteiger partial charge in [0.25, 0.3) is 5.91 Å². The van der Waals surface area contributed by atoms with Gasteiger partial charge >= 0.3 is 0 Å². The molecule has 1 aliphatic heterocycles. The third-order valence-electron chi connectivity index (χ3n) is 4.15. The van der Waals surface area contributed by atoms with Crippen LogP contribution in [0, 0.1) is 0 Å². The van der Waals surface area contributed by atoms with E-state index in [4.69, 9.17) is 4.74 Å². The van der Waals surface area contributed by atoms with Crippen molar-refractivity contribution < 1.29 is 14.6 Å². The van der Waals surface area contributed by atoms with E-state index in [0.29, 0.717) is 18.8 Å². The third kappa shape index (κ3) is 3.88. The van der Waals surface area contributed by atoms with E-state index in [-0.39, 0.29) is 12.5 Å². The van der Waals surface area contributed by atoms with Crippen molar-refractivity contribution in [3.8, 4) is 5.75 Å². The van der Waals surface area contributed by atoms with Crippen molar-refractivity contribution in [2.24, 2.45) is 0 Å². The highest BCUT2D eigenvalue weighted by Gasteiger charge is 2.26. The number of ether oxygens (including phenoxy) is 1. The standard InChI is InChI=1S/C18H22N2O3S/c1-14(23-16-5-2-4-15(12-16)13-21)18(22)20-9-7-19(8-10-20)17-6-3-11-24-17/h2-6,11-12,14,21H,7-10,13H2,1H3. The molecule has 1 atom stereocenters. The molecule has 2 aromatic rings. The van der Waals surface area contributed by atoms with Crippen LogP contribution in [0.4, 0.5) is 5.00 Å². The van der Waals surface area contributed by atoms with E-state index in [1.807, 2.05) is 23.1 Å². The lowest BCUT2D eigenvalue weighted by molar-refractivity contribution is -0.138. The summed E-state index contributed by atoms with van der Waals surface area (Å²) in [4.78, 5) is 16.8. The molecule has 1 saturated heterocycles. The van der Waals surface area contributed by atoms with Gasteiger partial charge < -0.3 is 19.6 Å². The number of amides is 1. The quantitative estimate of drug-likeness (QED) is 0.903.